The highest BCUT2D eigenvalue weighted by Crippen LogP contribution is 2.32. The van der Waals surface area contributed by atoms with Gasteiger partial charge >= 0.3 is 0 Å². The number of nitrogen functional groups attached to an aromatic ring is 1. The van der Waals surface area contributed by atoms with Gasteiger partial charge in [-0.15, -0.1) is 0 Å². The van der Waals surface area contributed by atoms with Crippen LogP contribution in [-0.4, -0.2) is 30.6 Å². The summed E-state index contributed by atoms with van der Waals surface area (Å²) in [5, 5.41) is 3.80. The minimum atomic E-state index is 0.518. The van der Waals surface area contributed by atoms with Crippen molar-refractivity contribution < 1.29 is 0 Å². The van der Waals surface area contributed by atoms with Crippen LogP contribution < -0.4 is 11.1 Å². The monoisotopic (exact) mass is 289 g/mol. The van der Waals surface area contributed by atoms with Gasteiger partial charge in [0.1, 0.15) is 0 Å². The van der Waals surface area contributed by atoms with Crippen molar-refractivity contribution >= 4 is 5.69 Å². The van der Waals surface area contributed by atoms with E-state index in [1.807, 2.05) is 6.07 Å². The molecule has 2 rings (SSSR count). The van der Waals surface area contributed by atoms with E-state index in [9.17, 15) is 0 Å². The maximum atomic E-state index is 5.87. The summed E-state index contributed by atoms with van der Waals surface area (Å²) in [7, 11) is 0. The van der Waals surface area contributed by atoms with Crippen LogP contribution in [0.2, 0.25) is 0 Å². The SMILES string of the molecule is CCN(CC)CCCC(C)NC1CCc2cc(N)ccc21. The van der Waals surface area contributed by atoms with Crippen LogP contribution >= 0.6 is 0 Å². The molecule has 1 aliphatic carbocycles. The van der Waals surface area contributed by atoms with Crippen molar-refractivity contribution in [1.82, 2.24) is 10.2 Å². The van der Waals surface area contributed by atoms with Crippen LogP contribution in [0.3, 0.4) is 0 Å². The van der Waals surface area contributed by atoms with E-state index in [-0.39, 0.29) is 0 Å². The molecule has 0 aliphatic heterocycles. The summed E-state index contributed by atoms with van der Waals surface area (Å²) in [6.07, 6.45) is 4.89. The zero-order valence-corrected chi connectivity index (χ0v) is 13.9. The molecule has 0 spiro atoms. The predicted molar refractivity (Wildman–Crippen MR) is 91.5 cm³/mol. The number of aryl methyl sites for hydroxylation is 1. The molecule has 3 heteroatoms. The molecule has 0 radical (unpaired) electrons. The molecule has 2 atom stereocenters. The Kier molecular flexibility index (Phi) is 6.07. The Bertz CT molecular complexity index is 440. The molecule has 1 aromatic rings. The third-order valence-corrected chi connectivity index (χ3v) is 4.74. The van der Waals surface area contributed by atoms with Crippen LogP contribution in [0.15, 0.2) is 18.2 Å². The second-order valence-electron chi connectivity index (χ2n) is 6.29. The van der Waals surface area contributed by atoms with Crippen molar-refractivity contribution in [2.24, 2.45) is 0 Å². The van der Waals surface area contributed by atoms with E-state index in [0.717, 1.165) is 25.2 Å². The molecule has 0 saturated heterocycles. The lowest BCUT2D eigenvalue weighted by Crippen LogP contribution is -2.31. The Morgan fingerprint density at radius 1 is 1.33 bits per heavy atom. The third kappa shape index (κ3) is 4.45. The van der Waals surface area contributed by atoms with Crippen molar-refractivity contribution in [2.75, 3.05) is 25.4 Å². The first-order chi connectivity index (χ1) is 10.1. The fourth-order valence-corrected chi connectivity index (χ4v) is 3.40. The number of nitrogens with zero attached hydrogens (tertiary/aromatic N) is 1. The number of fused-ring (bicyclic) bond motifs is 1. The molecule has 0 amide bonds. The van der Waals surface area contributed by atoms with Gasteiger partial charge in [-0.25, -0.2) is 0 Å². The molecule has 0 heterocycles. The number of nitrogens with one attached hydrogen (secondary N) is 1. The summed E-state index contributed by atoms with van der Waals surface area (Å²) in [5.74, 6) is 0. The van der Waals surface area contributed by atoms with Crippen LogP contribution in [0.25, 0.3) is 0 Å². The van der Waals surface area contributed by atoms with Crippen LogP contribution in [0.1, 0.15) is 57.2 Å². The smallest absolute Gasteiger partial charge is 0.0328 e. The van der Waals surface area contributed by atoms with E-state index in [2.05, 4.69) is 43.1 Å². The maximum Gasteiger partial charge on any atom is 0.0328 e. The summed E-state index contributed by atoms with van der Waals surface area (Å²) in [5.41, 5.74) is 9.65. The quantitative estimate of drug-likeness (QED) is 0.721. The zero-order chi connectivity index (χ0) is 15.2. The average Bonchev–Trinajstić information content (AvgIpc) is 2.85. The number of benzene rings is 1. The van der Waals surface area contributed by atoms with E-state index in [1.165, 1.54) is 36.9 Å². The van der Waals surface area contributed by atoms with Crippen molar-refractivity contribution in [3.63, 3.8) is 0 Å². The summed E-state index contributed by atoms with van der Waals surface area (Å²) in [6.45, 7) is 10.3. The summed E-state index contributed by atoms with van der Waals surface area (Å²) >= 11 is 0. The van der Waals surface area contributed by atoms with Gasteiger partial charge in [-0.2, -0.15) is 0 Å². The highest BCUT2D eigenvalue weighted by Gasteiger charge is 2.23. The second-order valence-corrected chi connectivity index (χ2v) is 6.29. The Morgan fingerprint density at radius 2 is 2.10 bits per heavy atom. The molecular formula is C18H31N3. The number of hydrogen-bond acceptors (Lipinski definition) is 3. The fraction of sp³-hybridized carbons (Fsp3) is 0.667. The third-order valence-electron chi connectivity index (χ3n) is 4.74. The topological polar surface area (TPSA) is 41.3 Å². The first-order valence-corrected chi connectivity index (χ1v) is 8.50. The minimum Gasteiger partial charge on any atom is -0.399 e. The Labute approximate surface area is 129 Å². The van der Waals surface area contributed by atoms with Crippen LogP contribution in [-0.2, 0) is 6.42 Å². The number of hydrogen-bond donors (Lipinski definition) is 2. The van der Waals surface area contributed by atoms with Crippen molar-refractivity contribution in [3.05, 3.63) is 29.3 Å². The minimum absolute atomic E-state index is 0.518. The van der Waals surface area contributed by atoms with Crippen molar-refractivity contribution in [1.29, 1.82) is 0 Å². The van der Waals surface area contributed by atoms with Gasteiger partial charge in [-0.1, -0.05) is 19.9 Å². The van der Waals surface area contributed by atoms with Gasteiger partial charge in [0.2, 0.25) is 0 Å². The van der Waals surface area contributed by atoms with Gasteiger partial charge in [0.25, 0.3) is 0 Å². The number of anilines is 1. The highest BCUT2D eigenvalue weighted by molar-refractivity contribution is 5.47. The highest BCUT2D eigenvalue weighted by atomic mass is 15.1. The normalized spacial score (nSPS) is 19.0. The molecule has 118 valence electrons. The average molecular weight is 289 g/mol. The predicted octanol–water partition coefficient (Wildman–Crippen LogP) is 3.36. The lowest BCUT2D eigenvalue weighted by molar-refractivity contribution is 0.288. The van der Waals surface area contributed by atoms with Gasteiger partial charge in [-0.05, 0) is 75.5 Å². The number of rotatable bonds is 8. The van der Waals surface area contributed by atoms with Crippen LogP contribution in [0.5, 0.6) is 0 Å². The lowest BCUT2D eigenvalue weighted by atomic mass is 10.1. The molecule has 1 aromatic carbocycles. The molecular weight excluding hydrogens is 258 g/mol. The molecule has 1 aliphatic rings. The van der Waals surface area contributed by atoms with Gasteiger partial charge in [0.15, 0.2) is 0 Å². The molecule has 0 aromatic heterocycles. The van der Waals surface area contributed by atoms with E-state index in [0.29, 0.717) is 12.1 Å². The summed E-state index contributed by atoms with van der Waals surface area (Å²) < 4.78 is 0. The number of nitrogens with two attached hydrogens (primary N) is 1. The first-order valence-electron chi connectivity index (χ1n) is 8.50. The zero-order valence-electron chi connectivity index (χ0n) is 13.9. The maximum absolute atomic E-state index is 5.87. The molecule has 0 bridgehead atoms. The molecule has 0 saturated carbocycles. The van der Waals surface area contributed by atoms with Gasteiger partial charge in [0.05, 0.1) is 0 Å². The van der Waals surface area contributed by atoms with E-state index >= 15 is 0 Å². The first kappa shape index (κ1) is 16.3. The molecule has 3 N–H and O–H groups in total. The standard InChI is InChI=1S/C18H31N3/c1-4-21(5-2)12-6-7-14(3)20-18-11-8-15-13-16(19)9-10-17(15)18/h9-10,13-14,18,20H,4-8,11-12,19H2,1-3H3. The molecule has 3 nitrogen and oxygen atoms in total. The largest absolute Gasteiger partial charge is 0.399 e. The van der Waals surface area contributed by atoms with Crippen LogP contribution in [0, 0.1) is 0 Å². The van der Waals surface area contributed by atoms with Crippen molar-refractivity contribution in [3.8, 4) is 0 Å². The van der Waals surface area contributed by atoms with Crippen LogP contribution in [0.4, 0.5) is 5.69 Å². The Balaban J connectivity index is 1.78. The second kappa shape index (κ2) is 7.81. The molecule has 2 unspecified atom stereocenters. The molecule has 0 fully saturated rings. The Morgan fingerprint density at radius 3 is 2.81 bits per heavy atom. The Hall–Kier alpha value is -1.06. The van der Waals surface area contributed by atoms with E-state index < -0.39 is 0 Å². The van der Waals surface area contributed by atoms with Gasteiger partial charge in [0, 0.05) is 17.8 Å². The summed E-state index contributed by atoms with van der Waals surface area (Å²) in [4.78, 5) is 2.50. The fourth-order valence-electron chi connectivity index (χ4n) is 3.40. The van der Waals surface area contributed by atoms with Gasteiger partial charge in [-0.3, -0.25) is 0 Å². The molecule has 21 heavy (non-hydrogen) atoms. The van der Waals surface area contributed by atoms with Gasteiger partial charge < -0.3 is 16.0 Å². The van der Waals surface area contributed by atoms with E-state index in [1.54, 1.807) is 0 Å². The summed E-state index contributed by atoms with van der Waals surface area (Å²) in [6, 6.07) is 7.47. The van der Waals surface area contributed by atoms with Crippen molar-refractivity contribution in [2.45, 2.75) is 58.5 Å². The van der Waals surface area contributed by atoms with E-state index in [4.69, 9.17) is 5.73 Å². The lowest BCUT2D eigenvalue weighted by Gasteiger charge is -2.22.